The van der Waals surface area contributed by atoms with Gasteiger partial charge < -0.3 is 10.6 Å². The summed E-state index contributed by atoms with van der Waals surface area (Å²) < 4.78 is 0. The fraction of sp³-hybridized carbons (Fsp3) is 0.333. The lowest BCUT2D eigenvalue weighted by Gasteiger charge is -2.14. The lowest BCUT2D eigenvalue weighted by atomic mass is 10.3. The molecule has 0 bridgehead atoms. The van der Waals surface area contributed by atoms with Gasteiger partial charge in [-0.15, -0.1) is 11.3 Å². The van der Waals surface area contributed by atoms with Crippen LogP contribution in [-0.4, -0.2) is 34.0 Å². The molecule has 0 spiro atoms. The average Bonchev–Trinajstić information content (AvgIpc) is 2.88. The van der Waals surface area contributed by atoms with Crippen LogP contribution < -0.4 is 10.6 Å². The van der Waals surface area contributed by atoms with E-state index in [0.29, 0.717) is 0 Å². The van der Waals surface area contributed by atoms with Gasteiger partial charge in [-0.2, -0.15) is 0 Å². The first-order chi connectivity index (χ1) is 9.31. The number of guanidine groups is 1. The second kappa shape index (κ2) is 5.31. The monoisotopic (exact) mass is 274 g/mol. The molecule has 98 valence electrons. The van der Waals surface area contributed by atoms with Gasteiger partial charge in [0, 0.05) is 24.7 Å². The second-order valence-corrected chi connectivity index (χ2v) is 5.02. The number of thiazole rings is 1. The first kappa shape index (κ1) is 12.0. The third-order valence-electron chi connectivity index (χ3n) is 2.67. The van der Waals surface area contributed by atoms with Crippen LogP contribution in [0.4, 0.5) is 5.13 Å². The molecule has 0 radical (unpaired) electrons. The molecule has 3 heterocycles. The third kappa shape index (κ3) is 2.87. The largest absolute Gasteiger partial charge is 0.356 e. The van der Waals surface area contributed by atoms with Crippen LogP contribution in [0.2, 0.25) is 0 Å². The van der Waals surface area contributed by atoms with Crippen molar-refractivity contribution in [1.82, 2.24) is 20.3 Å². The average molecular weight is 274 g/mol. The van der Waals surface area contributed by atoms with E-state index in [2.05, 4.69) is 30.6 Å². The minimum Gasteiger partial charge on any atom is -0.356 e. The first-order valence-corrected chi connectivity index (χ1v) is 7.00. The maximum atomic E-state index is 4.51. The van der Waals surface area contributed by atoms with Gasteiger partial charge in [-0.25, -0.2) is 15.0 Å². The summed E-state index contributed by atoms with van der Waals surface area (Å²) >= 11 is 1.54. The smallest absolute Gasteiger partial charge is 0.197 e. The number of rotatable bonds is 2. The molecular formula is C12H14N6S. The summed E-state index contributed by atoms with van der Waals surface area (Å²) in [5.74, 6) is 1.55. The number of nitrogens with one attached hydrogen (secondary N) is 2. The molecule has 0 aromatic carbocycles. The predicted octanol–water partition coefficient (Wildman–Crippen LogP) is 1.67. The van der Waals surface area contributed by atoms with Gasteiger partial charge in [-0.05, 0) is 19.4 Å². The molecule has 2 N–H and O–H groups in total. The number of aliphatic imine (C=N–C) groups is 1. The Morgan fingerprint density at radius 1 is 1.32 bits per heavy atom. The summed E-state index contributed by atoms with van der Waals surface area (Å²) in [4.78, 5) is 17.3. The topological polar surface area (TPSA) is 75.1 Å². The van der Waals surface area contributed by atoms with Crippen LogP contribution in [0.25, 0.3) is 11.4 Å². The maximum Gasteiger partial charge on any atom is 0.197 e. The van der Waals surface area contributed by atoms with E-state index in [4.69, 9.17) is 0 Å². The van der Waals surface area contributed by atoms with Gasteiger partial charge in [0.1, 0.15) is 11.5 Å². The van der Waals surface area contributed by atoms with Gasteiger partial charge in [0.15, 0.2) is 11.1 Å². The Labute approximate surface area is 115 Å². The summed E-state index contributed by atoms with van der Waals surface area (Å²) in [5, 5.41) is 9.19. The molecular weight excluding hydrogens is 260 g/mol. The quantitative estimate of drug-likeness (QED) is 0.871. The Bertz CT molecular complexity index is 606. The minimum absolute atomic E-state index is 0.748. The number of aryl methyl sites for hydroxylation is 1. The molecule has 19 heavy (non-hydrogen) atoms. The minimum atomic E-state index is 0.748. The van der Waals surface area contributed by atoms with Crippen LogP contribution in [0.3, 0.4) is 0 Å². The van der Waals surface area contributed by atoms with E-state index in [-0.39, 0.29) is 0 Å². The highest BCUT2D eigenvalue weighted by Gasteiger charge is 2.09. The molecule has 6 nitrogen and oxygen atoms in total. The van der Waals surface area contributed by atoms with E-state index in [1.54, 1.807) is 17.5 Å². The van der Waals surface area contributed by atoms with Crippen molar-refractivity contribution >= 4 is 22.4 Å². The van der Waals surface area contributed by atoms with Crippen LogP contribution in [0, 0.1) is 6.92 Å². The van der Waals surface area contributed by atoms with E-state index < -0.39 is 0 Å². The Balaban J connectivity index is 1.77. The third-order valence-corrected chi connectivity index (χ3v) is 3.42. The highest BCUT2D eigenvalue weighted by Crippen LogP contribution is 2.23. The molecule has 2 aromatic heterocycles. The van der Waals surface area contributed by atoms with Gasteiger partial charge >= 0.3 is 0 Å². The molecule has 3 rings (SSSR count). The molecule has 0 saturated carbocycles. The zero-order valence-corrected chi connectivity index (χ0v) is 11.4. The van der Waals surface area contributed by atoms with Crippen molar-refractivity contribution in [1.29, 1.82) is 0 Å². The van der Waals surface area contributed by atoms with Crippen molar-refractivity contribution in [2.75, 3.05) is 18.4 Å². The van der Waals surface area contributed by atoms with Crippen molar-refractivity contribution in [2.45, 2.75) is 13.3 Å². The van der Waals surface area contributed by atoms with Crippen molar-refractivity contribution in [3.05, 3.63) is 23.5 Å². The van der Waals surface area contributed by atoms with Gasteiger partial charge in [-0.1, -0.05) is 0 Å². The van der Waals surface area contributed by atoms with Gasteiger partial charge in [0.2, 0.25) is 0 Å². The Morgan fingerprint density at radius 3 is 3.05 bits per heavy atom. The van der Waals surface area contributed by atoms with Crippen molar-refractivity contribution < 1.29 is 0 Å². The number of aromatic nitrogens is 3. The Kier molecular flexibility index (Phi) is 3.37. The highest BCUT2D eigenvalue weighted by molar-refractivity contribution is 7.14. The first-order valence-electron chi connectivity index (χ1n) is 6.12. The Morgan fingerprint density at radius 2 is 2.26 bits per heavy atom. The van der Waals surface area contributed by atoms with E-state index in [1.807, 2.05) is 18.4 Å². The molecule has 0 aliphatic carbocycles. The zero-order valence-electron chi connectivity index (χ0n) is 10.6. The normalized spacial score (nSPS) is 14.7. The van der Waals surface area contributed by atoms with Crippen molar-refractivity contribution in [3.8, 4) is 11.4 Å². The number of anilines is 1. The second-order valence-electron chi connectivity index (χ2n) is 4.16. The van der Waals surface area contributed by atoms with Crippen LogP contribution in [0.5, 0.6) is 0 Å². The van der Waals surface area contributed by atoms with Crippen LogP contribution in [-0.2, 0) is 0 Å². The molecule has 1 aliphatic rings. The number of hydrogen-bond acceptors (Lipinski definition) is 7. The Hall–Kier alpha value is -2.02. The SMILES string of the molecule is Cc1nccc(-c2csc(NC3=NCCCN3)n2)n1. The van der Waals surface area contributed by atoms with Gasteiger partial charge in [-0.3, -0.25) is 4.99 Å². The van der Waals surface area contributed by atoms with Gasteiger partial charge in [0.05, 0.1) is 5.69 Å². The van der Waals surface area contributed by atoms with Crippen LogP contribution >= 0.6 is 11.3 Å². The molecule has 0 saturated heterocycles. The summed E-state index contributed by atoms with van der Waals surface area (Å²) in [6.45, 7) is 3.68. The van der Waals surface area contributed by atoms with E-state index >= 15 is 0 Å². The van der Waals surface area contributed by atoms with Crippen molar-refractivity contribution in [3.63, 3.8) is 0 Å². The molecule has 0 amide bonds. The zero-order chi connectivity index (χ0) is 13.1. The molecule has 0 unspecified atom stereocenters. The van der Waals surface area contributed by atoms with Gasteiger partial charge in [0.25, 0.3) is 0 Å². The molecule has 7 heteroatoms. The van der Waals surface area contributed by atoms with E-state index in [1.165, 1.54) is 0 Å². The summed E-state index contributed by atoms with van der Waals surface area (Å²) in [6, 6.07) is 1.86. The summed E-state index contributed by atoms with van der Waals surface area (Å²) in [5.41, 5.74) is 1.70. The maximum absolute atomic E-state index is 4.51. The predicted molar refractivity (Wildman–Crippen MR) is 76.4 cm³/mol. The molecule has 0 fully saturated rings. The summed E-state index contributed by atoms with van der Waals surface area (Å²) in [6.07, 6.45) is 2.82. The molecule has 2 aromatic rings. The lowest BCUT2D eigenvalue weighted by Crippen LogP contribution is -2.35. The van der Waals surface area contributed by atoms with Crippen LogP contribution in [0.15, 0.2) is 22.6 Å². The highest BCUT2D eigenvalue weighted by atomic mass is 32.1. The lowest BCUT2D eigenvalue weighted by molar-refractivity contribution is 0.740. The molecule has 1 aliphatic heterocycles. The fourth-order valence-corrected chi connectivity index (χ4v) is 2.47. The van der Waals surface area contributed by atoms with E-state index in [0.717, 1.165) is 47.8 Å². The standard InChI is InChI=1S/C12H14N6S/c1-8-13-6-3-9(16-8)10-7-19-12(17-10)18-11-14-4-2-5-15-11/h3,6-7H,2,4-5H2,1H3,(H2,14,15,17,18). The van der Waals surface area contributed by atoms with E-state index in [9.17, 15) is 0 Å². The summed E-state index contributed by atoms with van der Waals surface area (Å²) in [7, 11) is 0. The number of nitrogens with zero attached hydrogens (tertiary/aromatic N) is 4. The van der Waals surface area contributed by atoms with Crippen LogP contribution in [0.1, 0.15) is 12.2 Å². The fourth-order valence-electron chi connectivity index (χ4n) is 1.77. The number of hydrogen-bond donors (Lipinski definition) is 2. The van der Waals surface area contributed by atoms with Crippen molar-refractivity contribution in [2.24, 2.45) is 4.99 Å². The molecule has 0 atom stereocenters.